The van der Waals surface area contributed by atoms with Crippen molar-refractivity contribution in [1.82, 2.24) is 9.80 Å². The van der Waals surface area contributed by atoms with E-state index in [4.69, 9.17) is 9.47 Å². The number of carbonyl (C=O) groups is 1. The minimum Gasteiger partial charge on any atom is -0.468 e. The molecule has 0 unspecified atom stereocenters. The molecule has 0 saturated carbocycles. The maximum Gasteiger partial charge on any atom is 0.325 e. The molecule has 1 aliphatic rings. The van der Waals surface area contributed by atoms with E-state index in [-0.39, 0.29) is 12.0 Å². The summed E-state index contributed by atoms with van der Waals surface area (Å²) in [4.78, 5) is 15.9. The third-order valence-corrected chi connectivity index (χ3v) is 2.78. The van der Waals surface area contributed by atoms with Crippen LogP contribution in [0.25, 0.3) is 0 Å². The maximum absolute atomic E-state index is 11.5. The van der Waals surface area contributed by atoms with Crippen molar-refractivity contribution in [3.63, 3.8) is 0 Å². The molecule has 5 heteroatoms. The van der Waals surface area contributed by atoms with Crippen molar-refractivity contribution in [2.75, 3.05) is 54.1 Å². The van der Waals surface area contributed by atoms with Crippen LogP contribution in [0.4, 0.5) is 0 Å². The van der Waals surface area contributed by atoms with Gasteiger partial charge in [-0.3, -0.25) is 9.69 Å². The van der Waals surface area contributed by atoms with Crippen LogP contribution in [0.1, 0.15) is 0 Å². The molecule has 0 amide bonds. The minimum absolute atomic E-state index is 0.207. The Morgan fingerprint density at radius 3 is 2.33 bits per heavy atom. The van der Waals surface area contributed by atoms with Crippen molar-refractivity contribution in [3.8, 4) is 0 Å². The van der Waals surface area contributed by atoms with E-state index in [2.05, 4.69) is 16.8 Å². The number of hydrogen-bond donors (Lipinski definition) is 0. The Hall–Kier alpha value is -0.650. The van der Waals surface area contributed by atoms with Gasteiger partial charge in [-0.15, -0.1) is 0 Å². The summed E-state index contributed by atoms with van der Waals surface area (Å²) in [5.41, 5.74) is 0. The molecule has 0 spiro atoms. The fourth-order valence-electron chi connectivity index (χ4n) is 1.75. The summed E-state index contributed by atoms with van der Waals surface area (Å²) in [5, 5.41) is 0. The second-order valence-corrected chi connectivity index (χ2v) is 3.83. The lowest BCUT2D eigenvalue weighted by atomic mass is 10.2. The van der Waals surface area contributed by atoms with Crippen LogP contribution in [0.2, 0.25) is 0 Å². The second-order valence-electron chi connectivity index (χ2n) is 3.83. The summed E-state index contributed by atoms with van der Waals surface area (Å²) in [6.07, 6.45) is 0. The number of methoxy groups -OCH3 is 2. The number of hydrogen-bond acceptors (Lipinski definition) is 5. The molecule has 0 N–H and O–H groups in total. The van der Waals surface area contributed by atoms with Gasteiger partial charge in [0.05, 0.1) is 13.7 Å². The Bertz CT molecular complexity index is 203. The van der Waals surface area contributed by atoms with E-state index in [0.717, 1.165) is 26.2 Å². The highest BCUT2D eigenvalue weighted by molar-refractivity contribution is 5.75. The number of rotatable bonds is 4. The van der Waals surface area contributed by atoms with Gasteiger partial charge in [0.2, 0.25) is 0 Å². The molecule has 1 rings (SSSR count). The smallest absolute Gasteiger partial charge is 0.325 e. The van der Waals surface area contributed by atoms with E-state index < -0.39 is 0 Å². The molecule has 1 aliphatic heterocycles. The number of esters is 1. The molecule has 15 heavy (non-hydrogen) atoms. The van der Waals surface area contributed by atoms with E-state index in [1.54, 1.807) is 7.11 Å². The van der Waals surface area contributed by atoms with Crippen LogP contribution in [0.5, 0.6) is 0 Å². The van der Waals surface area contributed by atoms with Gasteiger partial charge in [-0.2, -0.15) is 0 Å². The van der Waals surface area contributed by atoms with Crippen LogP contribution < -0.4 is 0 Å². The van der Waals surface area contributed by atoms with E-state index in [1.165, 1.54) is 7.11 Å². The second kappa shape index (κ2) is 6.05. The predicted molar refractivity (Wildman–Crippen MR) is 56.8 cm³/mol. The zero-order valence-corrected chi connectivity index (χ0v) is 9.73. The predicted octanol–water partition coefficient (Wildman–Crippen LogP) is -0.578. The molecule has 1 fully saturated rings. The van der Waals surface area contributed by atoms with Gasteiger partial charge in [0.15, 0.2) is 0 Å². The van der Waals surface area contributed by atoms with Crippen LogP contribution in [0, 0.1) is 0 Å². The average molecular weight is 216 g/mol. The van der Waals surface area contributed by atoms with E-state index in [9.17, 15) is 4.79 Å². The third kappa shape index (κ3) is 3.44. The molecule has 1 atom stereocenters. The topological polar surface area (TPSA) is 42.0 Å². The number of ether oxygens (including phenoxy) is 2. The molecular formula is C10H20N2O3. The van der Waals surface area contributed by atoms with Crippen LogP contribution in [-0.2, 0) is 14.3 Å². The summed E-state index contributed by atoms with van der Waals surface area (Å²) < 4.78 is 9.82. The Balaban J connectivity index is 2.51. The third-order valence-electron chi connectivity index (χ3n) is 2.78. The van der Waals surface area contributed by atoms with Crippen LogP contribution >= 0.6 is 0 Å². The largest absolute Gasteiger partial charge is 0.468 e. The SMILES string of the molecule is COC[C@H](C(=O)OC)N1CCN(C)CC1. The summed E-state index contributed by atoms with van der Waals surface area (Å²) in [5.74, 6) is -0.207. The van der Waals surface area contributed by atoms with Crippen LogP contribution in [0.15, 0.2) is 0 Å². The van der Waals surface area contributed by atoms with Crippen LogP contribution in [0.3, 0.4) is 0 Å². The fourth-order valence-corrected chi connectivity index (χ4v) is 1.75. The summed E-state index contributed by atoms with van der Waals surface area (Å²) in [6, 6.07) is -0.256. The number of nitrogens with zero attached hydrogens (tertiary/aromatic N) is 2. The molecule has 1 saturated heterocycles. The summed E-state index contributed by atoms with van der Waals surface area (Å²) >= 11 is 0. The Labute approximate surface area is 90.9 Å². The van der Waals surface area contributed by atoms with Gasteiger partial charge >= 0.3 is 5.97 Å². The number of carbonyl (C=O) groups excluding carboxylic acids is 1. The monoisotopic (exact) mass is 216 g/mol. The van der Waals surface area contributed by atoms with Crippen molar-refractivity contribution in [2.45, 2.75) is 6.04 Å². The maximum atomic E-state index is 11.5. The molecule has 1 heterocycles. The normalized spacial score (nSPS) is 21.3. The number of likely N-dealkylation sites (N-methyl/N-ethyl adjacent to an activating group) is 1. The molecule has 0 aromatic heterocycles. The van der Waals surface area contributed by atoms with Crippen molar-refractivity contribution >= 4 is 5.97 Å². The first-order chi connectivity index (χ1) is 7.19. The van der Waals surface area contributed by atoms with Gasteiger partial charge in [0.1, 0.15) is 6.04 Å². The molecule has 0 radical (unpaired) electrons. The molecule has 0 aromatic carbocycles. The summed E-state index contributed by atoms with van der Waals surface area (Å²) in [7, 11) is 5.11. The van der Waals surface area contributed by atoms with Gasteiger partial charge in [0.25, 0.3) is 0 Å². The molecule has 0 bridgehead atoms. The molecule has 0 aliphatic carbocycles. The van der Waals surface area contributed by atoms with Crippen molar-refractivity contribution < 1.29 is 14.3 Å². The lowest BCUT2D eigenvalue weighted by molar-refractivity contribution is -0.149. The first-order valence-electron chi connectivity index (χ1n) is 5.18. The Kier molecular flexibility index (Phi) is 5.01. The highest BCUT2D eigenvalue weighted by Gasteiger charge is 2.28. The molecule has 88 valence electrons. The Morgan fingerprint density at radius 2 is 1.87 bits per heavy atom. The molecule has 0 aromatic rings. The Morgan fingerprint density at radius 1 is 1.27 bits per heavy atom. The molecular weight excluding hydrogens is 196 g/mol. The van der Waals surface area contributed by atoms with E-state index >= 15 is 0 Å². The van der Waals surface area contributed by atoms with Crippen molar-refractivity contribution in [1.29, 1.82) is 0 Å². The highest BCUT2D eigenvalue weighted by Crippen LogP contribution is 2.07. The zero-order valence-electron chi connectivity index (χ0n) is 9.73. The lowest BCUT2D eigenvalue weighted by Crippen LogP contribution is -2.53. The molecule has 5 nitrogen and oxygen atoms in total. The van der Waals surface area contributed by atoms with E-state index in [0.29, 0.717) is 6.61 Å². The standard InChI is InChI=1S/C10H20N2O3/c1-11-4-6-12(7-5-11)9(8-14-2)10(13)15-3/h9H,4-8H2,1-3H3/t9-/m1/s1. The lowest BCUT2D eigenvalue weighted by Gasteiger charge is -2.36. The van der Waals surface area contributed by atoms with E-state index in [1.807, 2.05) is 0 Å². The van der Waals surface area contributed by atoms with Gasteiger partial charge in [-0.25, -0.2) is 0 Å². The van der Waals surface area contributed by atoms with Crippen LogP contribution in [-0.4, -0.2) is 75.9 Å². The average Bonchev–Trinajstić information content (AvgIpc) is 2.26. The van der Waals surface area contributed by atoms with Gasteiger partial charge in [0, 0.05) is 33.3 Å². The zero-order chi connectivity index (χ0) is 11.3. The first kappa shape index (κ1) is 12.4. The fraction of sp³-hybridized carbons (Fsp3) is 0.900. The first-order valence-corrected chi connectivity index (χ1v) is 5.18. The summed E-state index contributed by atoms with van der Waals surface area (Å²) in [6.45, 7) is 4.14. The minimum atomic E-state index is -0.256. The van der Waals surface area contributed by atoms with Gasteiger partial charge in [-0.05, 0) is 7.05 Å². The highest BCUT2D eigenvalue weighted by atomic mass is 16.5. The quantitative estimate of drug-likeness (QED) is 0.588. The number of piperazine rings is 1. The van der Waals surface area contributed by atoms with Gasteiger partial charge in [-0.1, -0.05) is 0 Å². The van der Waals surface area contributed by atoms with Crippen molar-refractivity contribution in [2.24, 2.45) is 0 Å². The van der Waals surface area contributed by atoms with Crippen molar-refractivity contribution in [3.05, 3.63) is 0 Å². The van der Waals surface area contributed by atoms with Gasteiger partial charge < -0.3 is 14.4 Å².